The van der Waals surface area contributed by atoms with E-state index in [1.54, 1.807) is 10.5 Å². The molecule has 0 saturated carbocycles. The van der Waals surface area contributed by atoms with E-state index >= 15 is 0 Å². The highest BCUT2D eigenvalue weighted by molar-refractivity contribution is 6.29. The normalized spacial score (nSPS) is 11.1. The molecule has 2 heterocycles. The van der Waals surface area contributed by atoms with Gasteiger partial charge in [0.15, 0.2) is 11.5 Å². The Morgan fingerprint density at radius 1 is 1.17 bits per heavy atom. The maximum absolute atomic E-state index is 13.4. The zero-order valence-corrected chi connectivity index (χ0v) is 10.2. The Morgan fingerprint density at radius 3 is 2.78 bits per heavy atom. The van der Waals surface area contributed by atoms with E-state index < -0.39 is 0 Å². The average molecular weight is 263 g/mol. The summed E-state index contributed by atoms with van der Waals surface area (Å²) in [5.74, 6) is 0.237. The molecule has 0 aliphatic rings. The van der Waals surface area contributed by atoms with Crippen LogP contribution in [-0.4, -0.2) is 19.6 Å². The SMILES string of the molecule is Cc1cc(F)cc(-c2nnc3cc(Cl)ncn23)c1. The van der Waals surface area contributed by atoms with E-state index in [1.807, 2.05) is 13.0 Å². The molecule has 0 unspecified atom stereocenters. The van der Waals surface area contributed by atoms with Gasteiger partial charge in [-0.3, -0.25) is 4.40 Å². The third kappa shape index (κ3) is 1.82. The minimum Gasteiger partial charge on any atom is -0.265 e. The van der Waals surface area contributed by atoms with Crippen LogP contribution in [0.15, 0.2) is 30.6 Å². The first-order valence-corrected chi connectivity index (χ1v) is 5.65. The van der Waals surface area contributed by atoms with E-state index in [0.717, 1.165) is 5.56 Å². The summed E-state index contributed by atoms with van der Waals surface area (Å²) in [5.41, 5.74) is 2.06. The third-order valence-electron chi connectivity index (χ3n) is 2.57. The number of aryl methyl sites for hydroxylation is 1. The van der Waals surface area contributed by atoms with Crippen LogP contribution in [0, 0.1) is 12.7 Å². The maximum atomic E-state index is 13.4. The molecule has 0 aliphatic heterocycles. The molecule has 90 valence electrons. The summed E-state index contributed by atoms with van der Waals surface area (Å²) in [6.45, 7) is 1.82. The minimum absolute atomic E-state index is 0.302. The minimum atomic E-state index is -0.302. The molecule has 0 radical (unpaired) electrons. The summed E-state index contributed by atoms with van der Waals surface area (Å²) in [6.07, 6.45) is 1.52. The summed E-state index contributed by atoms with van der Waals surface area (Å²) in [5, 5.41) is 8.36. The van der Waals surface area contributed by atoms with Crippen molar-refractivity contribution in [1.82, 2.24) is 19.6 Å². The standard InChI is InChI=1S/C12H8ClFN4/c1-7-2-8(4-9(14)3-7)12-17-16-11-5-10(13)15-6-18(11)12/h2-6H,1H3. The van der Waals surface area contributed by atoms with Crippen molar-refractivity contribution >= 4 is 17.2 Å². The Morgan fingerprint density at radius 2 is 2.00 bits per heavy atom. The Kier molecular flexibility index (Phi) is 2.48. The molecule has 3 rings (SSSR count). The predicted octanol–water partition coefficient (Wildman–Crippen LogP) is 2.89. The summed E-state index contributed by atoms with van der Waals surface area (Å²) in [6, 6.07) is 6.32. The van der Waals surface area contributed by atoms with Gasteiger partial charge in [-0.1, -0.05) is 11.6 Å². The molecule has 0 fully saturated rings. The number of rotatable bonds is 1. The molecule has 0 saturated heterocycles. The summed E-state index contributed by atoms with van der Waals surface area (Å²) in [7, 11) is 0. The smallest absolute Gasteiger partial charge is 0.169 e. The molecule has 2 aromatic heterocycles. The van der Waals surface area contributed by atoms with Crippen molar-refractivity contribution in [2.75, 3.05) is 0 Å². The van der Waals surface area contributed by atoms with Gasteiger partial charge < -0.3 is 0 Å². The van der Waals surface area contributed by atoms with Crippen molar-refractivity contribution in [2.45, 2.75) is 6.92 Å². The fourth-order valence-corrected chi connectivity index (χ4v) is 1.98. The Bertz CT molecular complexity index is 718. The zero-order valence-electron chi connectivity index (χ0n) is 9.43. The van der Waals surface area contributed by atoms with Crippen LogP contribution in [0.25, 0.3) is 17.0 Å². The van der Waals surface area contributed by atoms with Crippen LogP contribution in [0.2, 0.25) is 5.15 Å². The molecule has 3 aromatic rings. The van der Waals surface area contributed by atoms with Gasteiger partial charge in [0.25, 0.3) is 0 Å². The molecular formula is C12H8ClFN4. The highest BCUT2D eigenvalue weighted by atomic mass is 35.5. The maximum Gasteiger partial charge on any atom is 0.169 e. The highest BCUT2D eigenvalue weighted by Gasteiger charge is 2.10. The van der Waals surface area contributed by atoms with Gasteiger partial charge in [-0.05, 0) is 30.7 Å². The molecule has 0 atom stereocenters. The van der Waals surface area contributed by atoms with Crippen molar-refractivity contribution in [3.63, 3.8) is 0 Å². The summed E-state index contributed by atoms with van der Waals surface area (Å²) >= 11 is 5.77. The van der Waals surface area contributed by atoms with Crippen LogP contribution >= 0.6 is 11.6 Å². The van der Waals surface area contributed by atoms with Gasteiger partial charge in [0.2, 0.25) is 0 Å². The fourth-order valence-electron chi connectivity index (χ4n) is 1.83. The van der Waals surface area contributed by atoms with E-state index in [0.29, 0.717) is 22.2 Å². The molecule has 18 heavy (non-hydrogen) atoms. The zero-order chi connectivity index (χ0) is 12.7. The molecule has 0 bridgehead atoms. The Hall–Kier alpha value is -2.01. The molecule has 1 aromatic carbocycles. The second-order valence-electron chi connectivity index (χ2n) is 3.98. The van der Waals surface area contributed by atoms with Crippen molar-refractivity contribution < 1.29 is 4.39 Å². The number of aromatic nitrogens is 4. The predicted molar refractivity (Wildman–Crippen MR) is 65.9 cm³/mol. The van der Waals surface area contributed by atoms with Crippen LogP contribution < -0.4 is 0 Å². The van der Waals surface area contributed by atoms with Crippen molar-refractivity contribution in [2.24, 2.45) is 0 Å². The lowest BCUT2D eigenvalue weighted by molar-refractivity contribution is 0.627. The molecule has 4 nitrogen and oxygen atoms in total. The molecule has 0 N–H and O–H groups in total. The van der Waals surface area contributed by atoms with Gasteiger partial charge in [-0.15, -0.1) is 10.2 Å². The molecule has 0 amide bonds. The number of hydrogen-bond acceptors (Lipinski definition) is 3. The van der Waals surface area contributed by atoms with E-state index in [-0.39, 0.29) is 5.82 Å². The van der Waals surface area contributed by atoms with E-state index in [1.165, 1.54) is 18.5 Å². The molecule has 6 heteroatoms. The largest absolute Gasteiger partial charge is 0.265 e. The first-order valence-electron chi connectivity index (χ1n) is 5.27. The monoisotopic (exact) mass is 262 g/mol. The highest BCUT2D eigenvalue weighted by Crippen LogP contribution is 2.21. The Labute approximate surface area is 107 Å². The number of hydrogen-bond donors (Lipinski definition) is 0. The lowest BCUT2D eigenvalue weighted by atomic mass is 10.1. The van der Waals surface area contributed by atoms with Crippen molar-refractivity contribution in [3.05, 3.63) is 47.1 Å². The van der Waals surface area contributed by atoms with Gasteiger partial charge in [0.1, 0.15) is 17.3 Å². The van der Waals surface area contributed by atoms with Gasteiger partial charge >= 0.3 is 0 Å². The van der Waals surface area contributed by atoms with Crippen LogP contribution in [-0.2, 0) is 0 Å². The lowest BCUT2D eigenvalue weighted by Crippen LogP contribution is -1.92. The van der Waals surface area contributed by atoms with E-state index in [2.05, 4.69) is 15.2 Å². The molecule has 0 aliphatic carbocycles. The molecule has 0 spiro atoms. The van der Waals surface area contributed by atoms with E-state index in [9.17, 15) is 4.39 Å². The number of benzene rings is 1. The second-order valence-corrected chi connectivity index (χ2v) is 4.37. The lowest BCUT2D eigenvalue weighted by Gasteiger charge is -2.01. The molecular weight excluding hydrogens is 255 g/mol. The Balaban J connectivity index is 2.25. The van der Waals surface area contributed by atoms with Gasteiger partial charge in [0.05, 0.1) is 0 Å². The number of fused-ring (bicyclic) bond motifs is 1. The van der Waals surface area contributed by atoms with Crippen LogP contribution in [0.3, 0.4) is 0 Å². The number of nitrogens with zero attached hydrogens (tertiary/aromatic N) is 4. The quantitative estimate of drug-likeness (QED) is 0.634. The van der Waals surface area contributed by atoms with Crippen LogP contribution in [0.5, 0.6) is 0 Å². The van der Waals surface area contributed by atoms with Gasteiger partial charge in [-0.2, -0.15) is 0 Å². The average Bonchev–Trinajstić information content (AvgIpc) is 2.70. The summed E-state index contributed by atoms with van der Waals surface area (Å²) in [4.78, 5) is 3.97. The van der Waals surface area contributed by atoms with Gasteiger partial charge in [0, 0.05) is 11.6 Å². The van der Waals surface area contributed by atoms with Crippen LogP contribution in [0.4, 0.5) is 4.39 Å². The van der Waals surface area contributed by atoms with E-state index in [4.69, 9.17) is 11.6 Å². The first-order chi connectivity index (χ1) is 8.63. The third-order valence-corrected chi connectivity index (χ3v) is 2.77. The van der Waals surface area contributed by atoms with Gasteiger partial charge in [-0.25, -0.2) is 9.37 Å². The van der Waals surface area contributed by atoms with Crippen molar-refractivity contribution in [3.8, 4) is 11.4 Å². The van der Waals surface area contributed by atoms with Crippen LogP contribution in [0.1, 0.15) is 5.56 Å². The topological polar surface area (TPSA) is 43.1 Å². The fraction of sp³-hybridized carbons (Fsp3) is 0.0833. The second kappa shape index (κ2) is 4.03. The summed E-state index contributed by atoms with van der Waals surface area (Å²) < 4.78 is 15.1. The number of halogens is 2. The first kappa shape index (κ1) is 11.1. The van der Waals surface area contributed by atoms with Crippen molar-refractivity contribution in [1.29, 1.82) is 0 Å².